The zero-order valence-electron chi connectivity index (χ0n) is 13.8. The van der Waals surface area contributed by atoms with E-state index in [0.29, 0.717) is 6.04 Å². The van der Waals surface area contributed by atoms with Crippen LogP contribution in [0.3, 0.4) is 0 Å². The molecule has 5 nitrogen and oxygen atoms in total. The number of pyridine rings is 1. The third-order valence-corrected chi connectivity index (χ3v) is 5.31. The molecule has 2 saturated carbocycles. The van der Waals surface area contributed by atoms with Gasteiger partial charge in [0.2, 0.25) is 5.88 Å². The molecule has 1 aliphatic heterocycles. The van der Waals surface area contributed by atoms with Gasteiger partial charge in [0, 0.05) is 37.5 Å². The Morgan fingerprint density at radius 1 is 1.30 bits per heavy atom. The number of rotatable bonds is 6. The zero-order chi connectivity index (χ0) is 15.6. The van der Waals surface area contributed by atoms with E-state index in [1.165, 1.54) is 12.8 Å². The Bertz CT molecular complexity index is 535. The van der Waals surface area contributed by atoms with E-state index < -0.39 is 0 Å². The summed E-state index contributed by atoms with van der Waals surface area (Å²) in [6.07, 6.45) is 7.24. The smallest absolute Gasteiger partial charge is 0.217 e. The van der Waals surface area contributed by atoms with Crippen molar-refractivity contribution >= 4 is 0 Å². The van der Waals surface area contributed by atoms with Crippen molar-refractivity contribution in [2.75, 3.05) is 26.9 Å². The summed E-state index contributed by atoms with van der Waals surface area (Å²) >= 11 is 0. The summed E-state index contributed by atoms with van der Waals surface area (Å²) in [5.41, 5.74) is 1.15. The Morgan fingerprint density at radius 2 is 2.22 bits per heavy atom. The van der Waals surface area contributed by atoms with Gasteiger partial charge in [0.15, 0.2) is 0 Å². The van der Waals surface area contributed by atoms with E-state index in [2.05, 4.69) is 16.0 Å². The van der Waals surface area contributed by atoms with Crippen LogP contribution in [0.25, 0.3) is 0 Å². The van der Waals surface area contributed by atoms with Gasteiger partial charge in [-0.25, -0.2) is 4.98 Å². The summed E-state index contributed by atoms with van der Waals surface area (Å²) in [7, 11) is 1.69. The van der Waals surface area contributed by atoms with Crippen LogP contribution in [-0.2, 0) is 16.0 Å². The molecule has 1 aromatic heterocycles. The molecule has 3 aliphatic rings. The van der Waals surface area contributed by atoms with Crippen LogP contribution in [-0.4, -0.2) is 55.0 Å². The van der Waals surface area contributed by atoms with Gasteiger partial charge in [-0.15, -0.1) is 0 Å². The average molecular weight is 318 g/mol. The molecule has 4 rings (SSSR count). The molecule has 0 aromatic carbocycles. The Hall–Kier alpha value is -1.17. The molecule has 0 N–H and O–H groups in total. The number of hydrogen-bond acceptors (Lipinski definition) is 5. The monoisotopic (exact) mass is 318 g/mol. The van der Waals surface area contributed by atoms with Crippen LogP contribution in [0.1, 0.15) is 31.2 Å². The van der Waals surface area contributed by atoms with Gasteiger partial charge < -0.3 is 14.2 Å². The fourth-order valence-corrected chi connectivity index (χ4v) is 3.86. The first-order valence-corrected chi connectivity index (χ1v) is 8.80. The Morgan fingerprint density at radius 3 is 3.04 bits per heavy atom. The van der Waals surface area contributed by atoms with Crippen LogP contribution in [0.2, 0.25) is 0 Å². The van der Waals surface area contributed by atoms with Gasteiger partial charge in [0.25, 0.3) is 0 Å². The van der Waals surface area contributed by atoms with Crippen molar-refractivity contribution in [2.24, 2.45) is 5.92 Å². The lowest BCUT2D eigenvalue weighted by Crippen LogP contribution is -2.51. The van der Waals surface area contributed by atoms with Gasteiger partial charge in [-0.2, -0.15) is 0 Å². The SMILES string of the molecule is COc1ncccc1CN1CCO[C@@H]2[C@@H](OCC3CC3)CC[C@H]21. The molecule has 23 heavy (non-hydrogen) atoms. The Balaban J connectivity index is 1.41. The van der Waals surface area contributed by atoms with Crippen LogP contribution in [0.4, 0.5) is 0 Å². The normalized spacial score (nSPS) is 31.1. The minimum Gasteiger partial charge on any atom is -0.481 e. The molecule has 0 bridgehead atoms. The molecule has 0 amide bonds. The first kappa shape index (κ1) is 15.4. The largest absolute Gasteiger partial charge is 0.481 e. The first-order valence-electron chi connectivity index (χ1n) is 8.80. The number of methoxy groups -OCH3 is 1. The molecule has 3 fully saturated rings. The van der Waals surface area contributed by atoms with Crippen LogP contribution >= 0.6 is 0 Å². The molecule has 0 spiro atoms. The van der Waals surface area contributed by atoms with E-state index in [1.54, 1.807) is 13.3 Å². The standard InChI is InChI=1S/C18H26N2O3/c1-21-18-14(3-2-8-19-18)11-20-9-10-22-17-15(20)6-7-16(17)23-12-13-4-5-13/h2-3,8,13,15-17H,4-7,9-12H2,1H3/t15-,16+,17+/m1/s1. The lowest BCUT2D eigenvalue weighted by Gasteiger charge is -2.39. The molecule has 1 aromatic rings. The zero-order valence-corrected chi connectivity index (χ0v) is 13.8. The number of morpholine rings is 1. The predicted octanol–water partition coefficient (Wildman–Crippen LogP) is 2.25. The molecule has 2 aliphatic carbocycles. The molecular formula is C18H26N2O3. The highest BCUT2D eigenvalue weighted by molar-refractivity contribution is 5.25. The van der Waals surface area contributed by atoms with Crippen molar-refractivity contribution < 1.29 is 14.2 Å². The number of fused-ring (bicyclic) bond motifs is 1. The van der Waals surface area contributed by atoms with E-state index in [1.807, 2.05) is 6.07 Å². The number of hydrogen-bond donors (Lipinski definition) is 0. The van der Waals surface area contributed by atoms with Gasteiger partial charge in [-0.1, -0.05) is 6.07 Å². The maximum atomic E-state index is 6.15. The minimum atomic E-state index is 0.227. The average Bonchev–Trinajstić information content (AvgIpc) is 3.33. The Kier molecular flexibility index (Phi) is 4.51. The van der Waals surface area contributed by atoms with Gasteiger partial charge in [-0.05, 0) is 37.7 Å². The predicted molar refractivity (Wildman–Crippen MR) is 86.4 cm³/mol. The quantitative estimate of drug-likeness (QED) is 0.805. The highest BCUT2D eigenvalue weighted by atomic mass is 16.5. The number of nitrogens with zero attached hydrogens (tertiary/aromatic N) is 2. The highest BCUT2D eigenvalue weighted by Gasteiger charge is 2.43. The second kappa shape index (κ2) is 6.75. The summed E-state index contributed by atoms with van der Waals surface area (Å²) in [6, 6.07) is 4.54. The molecule has 0 unspecified atom stereocenters. The van der Waals surface area contributed by atoms with Crippen molar-refractivity contribution in [3.05, 3.63) is 23.9 Å². The summed E-state index contributed by atoms with van der Waals surface area (Å²) in [6.45, 7) is 3.55. The number of aromatic nitrogens is 1. The van der Waals surface area contributed by atoms with Crippen LogP contribution in [0.5, 0.6) is 5.88 Å². The first-order chi connectivity index (χ1) is 11.3. The lowest BCUT2D eigenvalue weighted by molar-refractivity contribution is -0.116. The second-order valence-corrected chi connectivity index (χ2v) is 6.94. The molecule has 3 atom stereocenters. The van der Waals surface area contributed by atoms with Crippen molar-refractivity contribution in [2.45, 2.75) is 50.5 Å². The second-order valence-electron chi connectivity index (χ2n) is 6.94. The molecule has 0 radical (unpaired) electrons. The summed E-state index contributed by atoms with van der Waals surface area (Å²) in [4.78, 5) is 6.84. The van der Waals surface area contributed by atoms with Crippen molar-refractivity contribution in [1.29, 1.82) is 0 Å². The van der Waals surface area contributed by atoms with Gasteiger partial charge in [0.05, 0.1) is 25.9 Å². The van der Waals surface area contributed by atoms with Gasteiger partial charge in [-0.3, -0.25) is 4.90 Å². The number of ether oxygens (including phenoxy) is 3. The van der Waals surface area contributed by atoms with E-state index in [0.717, 1.165) is 56.5 Å². The fourth-order valence-electron chi connectivity index (χ4n) is 3.86. The fraction of sp³-hybridized carbons (Fsp3) is 0.722. The maximum absolute atomic E-state index is 6.15. The highest BCUT2D eigenvalue weighted by Crippen LogP contribution is 2.36. The topological polar surface area (TPSA) is 43.8 Å². The summed E-state index contributed by atoms with van der Waals surface area (Å²) < 4.78 is 17.6. The minimum absolute atomic E-state index is 0.227. The van der Waals surface area contributed by atoms with Crippen LogP contribution in [0, 0.1) is 5.92 Å². The maximum Gasteiger partial charge on any atom is 0.217 e. The molecule has 126 valence electrons. The van der Waals surface area contributed by atoms with Crippen molar-refractivity contribution in [3.63, 3.8) is 0 Å². The molecule has 2 heterocycles. The Labute approximate surface area is 137 Å². The molecular weight excluding hydrogens is 292 g/mol. The van der Waals surface area contributed by atoms with Crippen LogP contribution < -0.4 is 4.74 Å². The summed E-state index contributed by atoms with van der Waals surface area (Å²) in [5.74, 6) is 1.54. The van der Waals surface area contributed by atoms with Crippen molar-refractivity contribution in [3.8, 4) is 5.88 Å². The van der Waals surface area contributed by atoms with E-state index >= 15 is 0 Å². The lowest BCUT2D eigenvalue weighted by atomic mass is 10.1. The third kappa shape index (κ3) is 3.37. The van der Waals surface area contributed by atoms with Gasteiger partial charge in [0.1, 0.15) is 0 Å². The molecule has 5 heteroatoms. The van der Waals surface area contributed by atoms with E-state index in [4.69, 9.17) is 14.2 Å². The van der Waals surface area contributed by atoms with Gasteiger partial charge >= 0.3 is 0 Å². The molecule has 1 saturated heterocycles. The third-order valence-electron chi connectivity index (χ3n) is 5.31. The van der Waals surface area contributed by atoms with Crippen molar-refractivity contribution in [1.82, 2.24) is 9.88 Å². The van der Waals surface area contributed by atoms with Crippen LogP contribution in [0.15, 0.2) is 18.3 Å². The van der Waals surface area contributed by atoms with E-state index in [9.17, 15) is 0 Å². The summed E-state index contributed by atoms with van der Waals surface area (Å²) in [5, 5.41) is 0. The van der Waals surface area contributed by atoms with E-state index in [-0.39, 0.29) is 12.2 Å².